The van der Waals surface area contributed by atoms with Crippen molar-refractivity contribution >= 4 is 26.5 Å². The fourth-order valence-corrected chi connectivity index (χ4v) is 4.76. The molecule has 1 saturated heterocycles. The molecule has 1 N–H and O–H groups in total. The summed E-state index contributed by atoms with van der Waals surface area (Å²) in [6, 6.07) is 1.65. The standard InChI is InChI=1S/C11H17N3O3S2/c1-2-13-10-3-4-12-9-11(10)19(16,17)14-5-7-18(15)8-6-14/h3-4,9H,2,5-8H2,1H3,(H,12,13). The second-order valence-corrected chi connectivity index (χ2v) is 7.76. The number of hydrogen-bond donors (Lipinski definition) is 1. The van der Waals surface area contributed by atoms with Gasteiger partial charge in [0.15, 0.2) is 0 Å². The van der Waals surface area contributed by atoms with Crippen molar-refractivity contribution in [1.29, 1.82) is 0 Å². The van der Waals surface area contributed by atoms with Gasteiger partial charge in [0.05, 0.1) is 5.69 Å². The highest BCUT2D eigenvalue weighted by Crippen LogP contribution is 2.24. The molecule has 0 aliphatic carbocycles. The largest absolute Gasteiger partial charge is 0.384 e. The first-order valence-electron chi connectivity index (χ1n) is 6.08. The van der Waals surface area contributed by atoms with Crippen LogP contribution in [0, 0.1) is 0 Å². The Hall–Kier alpha value is -0.990. The molecule has 1 aromatic heterocycles. The van der Waals surface area contributed by atoms with E-state index in [1.165, 1.54) is 10.5 Å². The second kappa shape index (κ2) is 5.98. The second-order valence-electron chi connectivity index (χ2n) is 4.15. The van der Waals surface area contributed by atoms with Crippen LogP contribution in [0.5, 0.6) is 0 Å². The number of aromatic nitrogens is 1. The van der Waals surface area contributed by atoms with Crippen molar-refractivity contribution in [2.45, 2.75) is 11.8 Å². The SMILES string of the molecule is CCNc1ccncc1S(=O)(=O)N1CCS(=O)CC1. The molecule has 0 radical (unpaired) electrons. The summed E-state index contributed by atoms with van der Waals surface area (Å²) in [6.07, 6.45) is 2.92. The van der Waals surface area contributed by atoms with Gasteiger partial charge in [-0.05, 0) is 13.0 Å². The summed E-state index contributed by atoms with van der Waals surface area (Å²) in [6.45, 7) is 3.14. The average molecular weight is 303 g/mol. The number of anilines is 1. The molecule has 0 aromatic carbocycles. The molecule has 1 aliphatic rings. The van der Waals surface area contributed by atoms with Crippen LogP contribution >= 0.6 is 0 Å². The first kappa shape index (κ1) is 14.4. The molecule has 19 heavy (non-hydrogen) atoms. The zero-order valence-electron chi connectivity index (χ0n) is 10.7. The Bertz CT molecular complexity index is 564. The van der Waals surface area contributed by atoms with E-state index in [0.29, 0.717) is 36.8 Å². The Morgan fingerprint density at radius 3 is 2.74 bits per heavy atom. The van der Waals surface area contributed by atoms with Crippen LogP contribution in [-0.4, -0.2) is 53.1 Å². The summed E-state index contributed by atoms with van der Waals surface area (Å²) >= 11 is 0. The molecule has 0 saturated carbocycles. The van der Waals surface area contributed by atoms with Crippen LogP contribution in [0.25, 0.3) is 0 Å². The van der Waals surface area contributed by atoms with Crippen molar-refractivity contribution in [3.05, 3.63) is 18.5 Å². The van der Waals surface area contributed by atoms with Crippen LogP contribution in [-0.2, 0) is 20.8 Å². The van der Waals surface area contributed by atoms with Gasteiger partial charge < -0.3 is 5.32 Å². The highest BCUT2D eigenvalue weighted by atomic mass is 32.2. The molecule has 2 heterocycles. The van der Waals surface area contributed by atoms with Crippen molar-refractivity contribution in [2.75, 3.05) is 36.5 Å². The van der Waals surface area contributed by atoms with E-state index >= 15 is 0 Å². The van der Waals surface area contributed by atoms with E-state index in [0.717, 1.165) is 0 Å². The molecular formula is C11H17N3O3S2. The Balaban J connectivity index is 2.31. The van der Waals surface area contributed by atoms with Crippen molar-refractivity contribution < 1.29 is 12.6 Å². The van der Waals surface area contributed by atoms with Gasteiger partial charge in [-0.15, -0.1) is 0 Å². The van der Waals surface area contributed by atoms with Gasteiger partial charge in [0.2, 0.25) is 10.0 Å². The van der Waals surface area contributed by atoms with E-state index in [1.807, 2.05) is 6.92 Å². The molecule has 106 valence electrons. The minimum absolute atomic E-state index is 0.185. The van der Waals surface area contributed by atoms with Crippen LogP contribution in [0.1, 0.15) is 6.92 Å². The molecule has 1 aliphatic heterocycles. The third kappa shape index (κ3) is 3.13. The van der Waals surface area contributed by atoms with E-state index in [-0.39, 0.29) is 4.90 Å². The molecule has 0 amide bonds. The normalized spacial score (nSPS) is 18.4. The van der Waals surface area contributed by atoms with Crippen LogP contribution in [0.2, 0.25) is 0 Å². The molecule has 0 atom stereocenters. The maximum atomic E-state index is 12.5. The number of hydrogen-bond acceptors (Lipinski definition) is 5. The molecule has 6 nitrogen and oxygen atoms in total. The van der Waals surface area contributed by atoms with E-state index in [2.05, 4.69) is 10.3 Å². The van der Waals surface area contributed by atoms with Crippen molar-refractivity contribution in [3.63, 3.8) is 0 Å². The lowest BCUT2D eigenvalue weighted by Gasteiger charge is -2.26. The fraction of sp³-hybridized carbons (Fsp3) is 0.545. The van der Waals surface area contributed by atoms with Crippen LogP contribution in [0.3, 0.4) is 0 Å². The quantitative estimate of drug-likeness (QED) is 0.863. The van der Waals surface area contributed by atoms with Gasteiger partial charge in [0, 0.05) is 54.3 Å². The Morgan fingerprint density at radius 1 is 1.42 bits per heavy atom. The summed E-state index contributed by atoms with van der Waals surface area (Å²) in [5.41, 5.74) is 0.559. The van der Waals surface area contributed by atoms with Gasteiger partial charge in [-0.3, -0.25) is 9.19 Å². The summed E-state index contributed by atoms with van der Waals surface area (Å²) in [5, 5.41) is 3.02. The topological polar surface area (TPSA) is 79.4 Å². The number of nitrogens with one attached hydrogen (secondary N) is 1. The summed E-state index contributed by atoms with van der Waals surface area (Å²) < 4.78 is 37.8. The van der Waals surface area contributed by atoms with Gasteiger partial charge in [0.25, 0.3) is 0 Å². The lowest BCUT2D eigenvalue weighted by atomic mass is 10.4. The number of nitrogens with zero attached hydrogens (tertiary/aromatic N) is 2. The molecule has 0 bridgehead atoms. The lowest BCUT2D eigenvalue weighted by Crippen LogP contribution is -2.41. The van der Waals surface area contributed by atoms with E-state index in [4.69, 9.17) is 0 Å². The van der Waals surface area contributed by atoms with E-state index < -0.39 is 20.8 Å². The van der Waals surface area contributed by atoms with Crippen LogP contribution < -0.4 is 5.32 Å². The Labute approximate surface area is 115 Å². The summed E-state index contributed by atoms with van der Waals surface area (Å²) in [7, 11) is -4.46. The first-order valence-corrected chi connectivity index (χ1v) is 9.01. The molecule has 1 aromatic rings. The summed E-state index contributed by atoms with van der Waals surface area (Å²) in [5.74, 6) is 0.798. The highest BCUT2D eigenvalue weighted by Gasteiger charge is 2.30. The third-order valence-electron chi connectivity index (χ3n) is 2.91. The molecule has 8 heteroatoms. The van der Waals surface area contributed by atoms with Crippen molar-refractivity contribution in [1.82, 2.24) is 9.29 Å². The lowest BCUT2D eigenvalue weighted by molar-refractivity contribution is 0.438. The van der Waals surface area contributed by atoms with Gasteiger partial charge in [0.1, 0.15) is 4.90 Å². The maximum absolute atomic E-state index is 12.5. The fourth-order valence-electron chi connectivity index (χ4n) is 1.92. The zero-order valence-corrected chi connectivity index (χ0v) is 12.3. The molecular weight excluding hydrogens is 286 g/mol. The predicted octanol–water partition coefficient (Wildman–Crippen LogP) is 0.266. The minimum atomic E-state index is -3.56. The van der Waals surface area contributed by atoms with E-state index in [1.54, 1.807) is 12.3 Å². The van der Waals surface area contributed by atoms with Gasteiger partial charge in [-0.2, -0.15) is 4.31 Å². The Kier molecular flexibility index (Phi) is 4.54. The number of sulfonamides is 1. The Morgan fingerprint density at radius 2 is 2.11 bits per heavy atom. The van der Waals surface area contributed by atoms with Gasteiger partial charge in [-0.1, -0.05) is 0 Å². The molecule has 2 rings (SSSR count). The first-order chi connectivity index (χ1) is 9.05. The average Bonchev–Trinajstić information content (AvgIpc) is 2.40. The molecule has 0 spiro atoms. The maximum Gasteiger partial charge on any atom is 0.246 e. The molecule has 0 unspecified atom stereocenters. The van der Waals surface area contributed by atoms with E-state index in [9.17, 15) is 12.6 Å². The van der Waals surface area contributed by atoms with Crippen molar-refractivity contribution in [2.24, 2.45) is 0 Å². The van der Waals surface area contributed by atoms with Gasteiger partial charge >= 0.3 is 0 Å². The molecule has 1 fully saturated rings. The third-order valence-corrected chi connectivity index (χ3v) is 6.11. The zero-order chi connectivity index (χ0) is 13.9. The van der Waals surface area contributed by atoms with Crippen LogP contribution in [0.4, 0.5) is 5.69 Å². The van der Waals surface area contributed by atoms with Gasteiger partial charge in [-0.25, -0.2) is 8.42 Å². The number of rotatable bonds is 4. The smallest absolute Gasteiger partial charge is 0.246 e. The highest BCUT2D eigenvalue weighted by molar-refractivity contribution is 7.89. The summed E-state index contributed by atoms with van der Waals surface area (Å²) in [4.78, 5) is 4.08. The van der Waals surface area contributed by atoms with Crippen LogP contribution in [0.15, 0.2) is 23.4 Å². The predicted molar refractivity (Wildman–Crippen MR) is 75.0 cm³/mol. The number of pyridine rings is 1. The van der Waals surface area contributed by atoms with Crippen molar-refractivity contribution in [3.8, 4) is 0 Å². The minimum Gasteiger partial charge on any atom is -0.384 e. The monoisotopic (exact) mass is 303 g/mol.